The lowest BCUT2D eigenvalue weighted by Crippen LogP contribution is -2.31. The van der Waals surface area contributed by atoms with Crippen LogP contribution in [0.4, 0.5) is 4.79 Å². The summed E-state index contributed by atoms with van der Waals surface area (Å²) in [5, 5.41) is 2.66. The highest BCUT2D eigenvalue weighted by atomic mass is 16.5. The molecular weight excluding hydrogens is 304 g/mol. The number of carbonyl (C=O) groups excluding carboxylic acids is 2. The Labute approximate surface area is 143 Å². The number of rotatable bonds is 9. The van der Waals surface area contributed by atoms with Crippen LogP contribution in [0.3, 0.4) is 0 Å². The van der Waals surface area contributed by atoms with Gasteiger partial charge in [0.1, 0.15) is 11.4 Å². The molecule has 0 radical (unpaired) electrons. The highest BCUT2D eigenvalue weighted by Gasteiger charge is 2.32. The number of nitrogens with zero attached hydrogens (tertiary/aromatic N) is 1. The summed E-state index contributed by atoms with van der Waals surface area (Å²) in [6, 6.07) is 7.01. The fraction of sp³-hybridized carbons (Fsp3) is 0.474. The number of carbonyl (C=O) groups is 2. The van der Waals surface area contributed by atoms with Crippen LogP contribution in [0.1, 0.15) is 51.0 Å². The first kappa shape index (κ1) is 18.0. The van der Waals surface area contributed by atoms with Crippen molar-refractivity contribution in [1.82, 2.24) is 10.2 Å². The van der Waals surface area contributed by atoms with E-state index in [0.29, 0.717) is 12.2 Å². The number of benzene rings is 1. The Kier molecular flexibility index (Phi) is 6.85. The van der Waals surface area contributed by atoms with E-state index in [-0.39, 0.29) is 11.9 Å². The average Bonchev–Trinajstić information content (AvgIpc) is 2.85. The van der Waals surface area contributed by atoms with Gasteiger partial charge in [-0.15, -0.1) is 0 Å². The third kappa shape index (κ3) is 4.85. The van der Waals surface area contributed by atoms with Gasteiger partial charge in [-0.2, -0.15) is 0 Å². The van der Waals surface area contributed by atoms with Gasteiger partial charge in [0.15, 0.2) is 0 Å². The van der Waals surface area contributed by atoms with Gasteiger partial charge in [-0.25, -0.2) is 4.79 Å². The quantitative estimate of drug-likeness (QED) is 0.424. The van der Waals surface area contributed by atoms with E-state index < -0.39 is 0 Å². The molecule has 5 nitrogen and oxygen atoms in total. The third-order valence-corrected chi connectivity index (χ3v) is 4.12. The van der Waals surface area contributed by atoms with E-state index in [1.54, 1.807) is 13.2 Å². The molecule has 1 aromatic rings. The van der Waals surface area contributed by atoms with E-state index in [9.17, 15) is 9.59 Å². The Balaban J connectivity index is 1.89. The normalized spacial score (nSPS) is 15.9. The Bertz CT molecular complexity index is 593. The predicted octanol–water partition coefficient (Wildman–Crippen LogP) is 3.95. The van der Waals surface area contributed by atoms with Gasteiger partial charge in [-0.3, -0.25) is 9.69 Å². The van der Waals surface area contributed by atoms with Crippen molar-refractivity contribution in [2.75, 3.05) is 13.7 Å². The maximum Gasteiger partial charge on any atom is 0.329 e. The van der Waals surface area contributed by atoms with E-state index in [1.807, 2.05) is 24.3 Å². The Hall–Kier alpha value is -2.30. The summed E-state index contributed by atoms with van der Waals surface area (Å²) < 4.78 is 5.11. The molecule has 0 spiro atoms. The van der Waals surface area contributed by atoms with Crippen molar-refractivity contribution >= 4 is 18.0 Å². The maximum atomic E-state index is 12.4. The van der Waals surface area contributed by atoms with Gasteiger partial charge in [0.2, 0.25) is 0 Å². The number of urea groups is 1. The number of nitrogens with one attached hydrogen (secondary N) is 1. The number of methoxy groups -OCH3 is 1. The number of hydrogen-bond acceptors (Lipinski definition) is 3. The lowest BCUT2D eigenvalue weighted by molar-refractivity contribution is -0.122. The second-order valence-electron chi connectivity index (χ2n) is 5.99. The summed E-state index contributed by atoms with van der Waals surface area (Å²) >= 11 is 0. The second-order valence-corrected chi connectivity index (χ2v) is 5.99. The number of imide groups is 1. The molecule has 0 aliphatic carbocycles. The van der Waals surface area contributed by atoms with Crippen LogP contribution in [0, 0.1) is 0 Å². The molecule has 24 heavy (non-hydrogen) atoms. The zero-order valence-corrected chi connectivity index (χ0v) is 14.5. The molecule has 5 heteroatoms. The van der Waals surface area contributed by atoms with Crippen LogP contribution >= 0.6 is 0 Å². The van der Waals surface area contributed by atoms with Crippen LogP contribution in [-0.4, -0.2) is 30.5 Å². The van der Waals surface area contributed by atoms with Crippen LogP contribution in [0.2, 0.25) is 0 Å². The first-order valence-electron chi connectivity index (χ1n) is 8.64. The van der Waals surface area contributed by atoms with Crippen molar-refractivity contribution in [3.8, 4) is 5.75 Å². The molecule has 1 aliphatic heterocycles. The van der Waals surface area contributed by atoms with Gasteiger partial charge in [0.25, 0.3) is 5.91 Å². The van der Waals surface area contributed by atoms with Gasteiger partial charge in [0.05, 0.1) is 7.11 Å². The minimum Gasteiger partial charge on any atom is -0.497 e. The summed E-state index contributed by atoms with van der Waals surface area (Å²) in [5.41, 5.74) is 1.18. The lowest BCUT2D eigenvalue weighted by Gasteiger charge is -2.11. The van der Waals surface area contributed by atoms with E-state index >= 15 is 0 Å². The first-order chi connectivity index (χ1) is 11.7. The zero-order chi connectivity index (χ0) is 17.4. The molecule has 1 N–H and O–H groups in total. The SMILES string of the molecule is CCCCCCCCN1C(=O)NC(=Cc2ccc(OC)cc2)C1=O. The Morgan fingerprint density at radius 1 is 1.04 bits per heavy atom. The highest BCUT2D eigenvalue weighted by molar-refractivity contribution is 6.13. The molecule has 1 heterocycles. The molecule has 2 rings (SSSR count). The van der Waals surface area contributed by atoms with Gasteiger partial charge in [0, 0.05) is 6.54 Å². The minimum absolute atomic E-state index is 0.246. The topological polar surface area (TPSA) is 58.6 Å². The highest BCUT2D eigenvalue weighted by Crippen LogP contribution is 2.17. The van der Waals surface area contributed by atoms with Crippen molar-refractivity contribution in [2.24, 2.45) is 0 Å². The van der Waals surface area contributed by atoms with Crippen molar-refractivity contribution < 1.29 is 14.3 Å². The lowest BCUT2D eigenvalue weighted by atomic mass is 10.1. The molecule has 3 amide bonds. The monoisotopic (exact) mass is 330 g/mol. The van der Waals surface area contributed by atoms with Crippen molar-refractivity contribution in [1.29, 1.82) is 0 Å². The van der Waals surface area contributed by atoms with Crippen molar-refractivity contribution in [3.05, 3.63) is 35.5 Å². The smallest absolute Gasteiger partial charge is 0.329 e. The fourth-order valence-electron chi connectivity index (χ4n) is 2.69. The van der Waals surface area contributed by atoms with Crippen molar-refractivity contribution in [2.45, 2.75) is 45.4 Å². The molecule has 1 saturated heterocycles. The van der Waals surface area contributed by atoms with E-state index in [1.165, 1.54) is 24.2 Å². The molecule has 0 bridgehead atoms. The fourth-order valence-corrected chi connectivity index (χ4v) is 2.69. The van der Waals surface area contributed by atoms with Gasteiger partial charge in [-0.05, 0) is 30.2 Å². The number of hydrogen-bond donors (Lipinski definition) is 1. The largest absolute Gasteiger partial charge is 0.497 e. The first-order valence-corrected chi connectivity index (χ1v) is 8.64. The zero-order valence-electron chi connectivity index (χ0n) is 14.5. The maximum absolute atomic E-state index is 12.4. The van der Waals surface area contributed by atoms with Gasteiger partial charge < -0.3 is 10.1 Å². The second kappa shape index (κ2) is 9.11. The molecule has 1 fully saturated rings. The minimum atomic E-state index is -0.326. The van der Waals surface area contributed by atoms with Crippen LogP contribution < -0.4 is 10.1 Å². The van der Waals surface area contributed by atoms with Gasteiger partial charge in [-0.1, -0.05) is 51.2 Å². The van der Waals surface area contributed by atoms with E-state index in [2.05, 4.69) is 12.2 Å². The van der Waals surface area contributed by atoms with E-state index in [0.717, 1.165) is 30.6 Å². The summed E-state index contributed by atoms with van der Waals surface area (Å²) in [6.45, 7) is 2.67. The van der Waals surface area contributed by atoms with Crippen LogP contribution in [0.5, 0.6) is 5.75 Å². The summed E-state index contributed by atoms with van der Waals surface area (Å²) in [4.78, 5) is 25.6. The number of ether oxygens (including phenoxy) is 1. The number of unbranched alkanes of at least 4 members (excludes halogenated alkanes) is 5. The van der Waals surface area contributed by atoms with Crippen LogP contribution in [0.25, 0.3) is 6.08 Å². The summed E-state index contributed by atoms with van der Waals surface area (Å²) in [5.74, 6) is 0.507. The van der Waals surface area contributed by atoms with Crippen LogP contribution in [-0.2, 0) is 4.79 Å². The summed E-state index contributed by atoms with van der Waals surface area (Å²) in [7, 11) is 1.61. The number of amides is 3. The Morgan fingerprint density at radius 3 is 2.38 bits per heavy atom. The Morgan fingerprint density at radius 2 is 1.71 bits per heavy atom. The van der Waals surface area contributed by atoms with E-state index in [4.69, 9.17) is 4.74 Å². The average molecular weight is 330 g/mol. The predicted molar refractivity (Wildman–Crippen MR) is 94.6 cm³/mol. The standard InChI is InChI=1S/C19H26N2O3/c1-3-4-5-6-7-8-13-21-18(22)17(20-19(21)23)14-15-9-11-16(24-2)12-10-15/h9-12,14H,3-8,13H2,1-2H3,(H,20,23). The molecule has 130 valence electrons. The summed E-state index contributed by atoms with van der Waals surface area (Å²) in [6.07, 6.45) is 8.45. The molecule has 0 atom stereocenters. The molecule has 1 aromatic carbocycles. The molecule has 1 aliphatic rings. The molecule has 0 aromatic heterocycles. The molecule has 0 unspecified atom stereocenters. The van der Waals surface area contributed by atoms with Gasteiger partial charge >= 0.3 is 6.03 Å². The molecule has 0 saturated carbocycles. The third-order valence-electron chi connectivity index (χ3n) is 4.12. The van der Waals surface area contributed by atoms with Crippen LogP contribution in [0.15, 0.2) is 30.0 Å². The molecular formula is C19H26N2O3. The van der Waals surface area contributed by atoms with Crippen molar-refractivity contribution in [3.63, 3.8) is 0 Å².